The number of carbonyl (C=O) groups excluding carboxylic acids is 1. The average Bonchev–Trinajstić information content (AvgIpc) is 3.24. The number of carbonyl (C=O) groups is 1. The molecule has 0 atom stereocenters. The summed E-state index contributed by atoms with van der Waals surface area (Å²) in [5.41, 5.74) is 1.39. The van der Waals surface area contributed by atoms with Gasteiger partial charge in [0.25, 0.3) is 0 Å². The zero-order valence-corrected chi connectivity index (χ0v) is 17.6. The van der Waals surface area contributed by atoms with Crippen LogP contribution in [0.1, 0.15) is 36.6 Å². The molecule has 1 saturated heterocycles. The Balaban J connectivity index is 1.51. The van der Waals surface area contributed by atoms with Gasteiger partial charge in [-0.05, 0) is 25.5 Å². The molecule has 29 heavy (non-hydrogen) atoms. The summed E-state index contributed by atoms with van der Waals surface area (Å²) >= 11 is 1.49. The van der Waals surface area contributed by atoms with Gasteiger partial charge in [0, 0.05) is 43.4 Å². The van der Waals surface area contributed by atoms with Crippen molar-refractivity contribution in [3.63, 3.8) is 0 Å². The van der Waals surface area contributed by atoms with Gasteiger partial charge in [0.05, 0.1) is 12.1 Å². The van der Waals surface area contributed by atoms with Gasteiger partial charge in [-0.1, -0.05) is 19.1 Å². The van der Waals surface area contributed by atoms with Crippen LogP contribution < -0.4 is 9.80 Å². The van der Waals surface area contributed by atoms with Crippen LogP contribution in [0, 0.1) is 0 Å². The molecule has 1 aromatic carbocycles. The number of hydrogen-bond donors (Lipinski definition) is 0. The van der Waals surface area contributed by atoms with Crippen LogP contribution in [0.2, 0.25) is 0 Å². The lowest BCUT2D eigenvalue weighted by molar-refractivity contribution is 0.0520. The van der Waals surface area contributed by atoms with Crippen LogP contribution in [0.4, 0.5) is 10.9 Å². The number of ether oxygens (including phenoxy) is 1. The number of esters is 1. The molecular weight excluding hydrogens is 386 g/mol. The van der Waals surface area contributed by atoms with Crippen LogP contribution in [0.5, 0.6) is 0 Å². The van der Waals surface area contributed by atoms with E-state index in [4.69, 9.17) is 14.7 Å². The summed E-state index contributed by atoms with van der Waals surface area (Å²) in [7, 11) is 0. The molecule has 0 amide bonds. The Kier molecular flexibility index (Phi) is 5.89. The van der Waals surface area contributed by atoms with Crippen LogP contribution >= 0.6 is 11.3 Å². The second-order valence-electron chi connectivity index (χ2n) is 6.94. The molecule has 0 N–H and O–H groups in total. The molecule has 2 aromatic heterocycles. The van der Waals surface area contributed by atoms with E-state index in [1.165, 1.54) is 11.3 Å². The van der Waals surface area contributed by atoms with Gasteiger partial charge in [-0.3, -0.25) is 0 Å². The third-order valence-corrected chi connectivity index (χ3v) is 5.83. The molecule has 4 rings (SSSR count). The highest BCUT2D eigenvalue weighted by atomic mass is 32.1. The lowest BCUT2D eigenvalue weighted by Crippen LogP contribution is -2.47. The lowest BCUT2D eigenvalue weighted by Gasteiger charge is -2.35. The summed E-state index contributed by atoms with van der Waals surface area (Å²) < 4.78 is 5.04. The van der Waals surface area contributed by atoms with Gasteiger partial charge in [-0.15, -0.1) is 11.3 Å². The molecule has 0 aliphatic carbocycles. The van der Waals surface area contributed by atoms with Gasteiger partial charge in [-0.2, -0.15) is 0 Å². The number of aryl methyl sites for hydroxylation is 1. The Hall–Kier alpha value is -2.74. The Morgan fingerprint density at radius 3 is 2.59 bits per heavy atom. The van der Waals surface area contributed by atoms with Crippen molar-refractivity contribution in [3.8, 4) is 0 Å². The molecule has 0 unspecified atom stereocenters. The van der Waals surface area contributed by atoms with Crippen molar-refractivity contribution in [2.45, 2.75) is 26.7 Å². The summed E-state index contributed by atoms with van der Waals surface area (Å²) in [6.45, 7) is 7.66. The van der Waals surface area contributed by atoms with Crippen molar-refractivity contribution in [1.29, 1.82) is 0 Å². The molecule has 0 radical (unpaired) electrons. The molecular formula is C21H25N5O2S. The zero-order chi connectivity index (χ0) is 20.2. The maximum Gasteiger partial charge on any atom is 0.357 e. The topological polar surface area (TPSA) is 71.5 Å². The second kappa shape index (κ2) is 8.73. The molecule has 8 heteroatoms. The van der Waals surface area contributed by atoms with Crippen LogP contribution in [-0.4, -0.2) is 53.7 Å². The normalized spacial score (nSPS) is 14.4. The molecule has 0 spiro atoms. The Bertz CT molecular complexity index is 998. The van der Waals surface area contributed by atoms with E-state index in [1.54, 1.807) is 12.3 Å². The highest BCUT2D eigenvalue weighted by Gasteiger charge is 2.23. The number of para-hydroxylation sites is 1. The van der Waals surface area contributed by atoms with Gasteiger partial charge >= 0.3 is 5.97 Å². The Morgan fingerprint density at radius 1 is 1.07 bits per heavy atom. The van der Waals surface area contributed by atoms with Gasteiger partial charge < -0.3 is 14.5 Å². The summed E-state index contributed by atoms with van der Waals surface area (Å²) in [6, 6.07) is 8.22. The first kappa shape index (κ1) is 19.6. The van der Waals surface area contributed by atoms with E-state index in [1.807, 2.05) is 12.1 Å². The van der Waals surface area contributed by atoms with E-state index in [0.717, 1.165) is 66.7 Å². The molecule has 0 bridgehead atoms. The highest BCUT2D eigenvalue weighted by Crippen LogP contribution is 2.27. The smallest absolute Gasteiger partial charge is 0.357 e. The van der Waals surface area contributed by atoms with Crippen LogP contribution in [0.3, 0.4) is 0 Å². The lowest BCUT2D eigenvalue weighted by atomic mass is 10.2. The molecule has 152 valence electrons. The van der Waals surface area contributed by atoms with Gasteiger partial charge in [0.2, 0.25) is 0 Å². The minimum atomic E-state index is -0.357. The first-order valence-electron chi connectivity index (χ1n) is 10.1. The second-order valence-corrected chi connectivity index (χ2v) is 7.78. The number of rotatable bonds is 6. The number of thiazole rings is 1. The van der Waals surface area contributed by atoms with Crippen LogP contribution in [0.15, 0.2) is 29.6 Å². The quantitative estimate of drug-likeness (QED) is 0.575. The summed E-state index contributed by atoms with van der Waals surface area (Å²) in [5, 5.41) is 3.74. The molecule has 1 aliphatic rings. The predicted molar refractivity (Wildman–Crippen MR) is 116 cm³/mol. The zero-order valence-electron chi connectivity index (χ0n) is 16.8. The fraction of sp³-hybridized carbons (Fsp3) is 0.429. The van der Waals surface area contributed by atoms with E-state index < -0.39 is 0 Å². The number of aromatic nitrogens is 3. The fourth-order valence-electron chi connectivity index (χ4n) is 3.50. The molecule has 1 aliphatic heterocycles. The number of nitrogens with zero attached hydrogens (tertiary/aromatic N) is 5. The van der Waals surface area contributed by atoms with E-state index >= 15 is 0 Å². The van der Waals surface area contributed by atoms with Crippen molar-refractivity contribution in [3.05, 3.63) is 41.2 Å². The standard InChI is InChI=1S/C21H25N5O2S/c1-3-7-18-22-16-9-6-5-8-15(16)19(24-18)25-10-12-26(13-11-25)21-23-17(14-29-21)20(27)28-4-2/h5-6,8-9,14H,3-4,7,10-13H2,1-2H3. The van der Waals surface area contributed by atoms with E-state index in [0.29, 0.717) is 12.3 Å². The van der Waals surface area contributed by atoms with Crippen molar-refractivity contribution >= 4 is 39.2 Å². The minimum absolute atomic E-state index is 0.357. The maximum absolute atomic E-state index is 11.9. The van der Waals surface area contributed by atoms with E-state index in [9.17, 15) is 4.79 Å². The first-order valence-corrected chi connectivity index (χ1v) is 11.0. The van der Waals surface area contributed by atoms with Crippen molar-refractivity contribution in [2.24, 2.45) is 0 Å². The predicted octanol–water partition coefficient (Wildman–Crippen LogP) is 3.54. The van der Waals surface area contributed by atoms with Crippen LogP contribution in [-0.2, 0) is 11.2 Å². The number of piperazine rings is 1. The van der Waals surface area contributed by atoms with E-state index in [-0.39, 0.29) is 5.97 Å². The average molecular weight is 412 g/mol. The Morgan fingerprint density at radius 2 is 1.83 bits per heavy atom. The fourth-order valence-corrected chi connectivity index (χ4v) is 4.35. The maximum atomic E-state index is 11.9. The summed E-state index contributed by atoms with van der Waals surface area (Å²) in [6.07, 6.45) is 1.91. The number of anilines is 2. The van der Waals surface area contributed by atoms with Gasteiger partial charge in [-0.25, -0.2) is 19.7 Å². The number of hydrogen-bond acceptors (Lipinski definition) is 8. The molecule has 3 aromatic rings. The van der Waals surface area contributed by atoms with Crippen molar-refractivity contribution in [1.82, 2.24) is 15.0 Å². The molecule has 0 saturated carbocycles. The van der Waals surface area contributed by atoms with Crippen LogP contribution in [0.25, 0.3) is 10.9 Å². The van der Waals surface area contributed by atoms with Crippen molar-refractivity contribution in [2.75, 3.05) is 42.6 Å². The molecule has 1 fully saturated rings. The summed E-state index contributed by atoms with van der Waals surface area (Å²) in [5.74, 6) is 1.57. The monoisotopic (exact) mass is 411 g/mol. The highest BCUT2D eigenvalue weighted by molar-refractivity contribution is 7.13. The Labute approximate surface area is 174 Å². The molecule has 3 heterocycles. The van der Waals surface area contributed by atoms with Gasteiger partial charge in [0.1, 0.15) is 11.6 Å². The molecule has 7 nitrogen and oxygen atoms in total. The largest absolute Gasteiger partial charge is 0.461 e. The summed E-state index contributed by atoms with van der Waals surface area (Å²) in [4.78, 5) is 30.5. The van der Waals surface area contributed by atoms with E-state index in [2.05, 4.69) is 33.8 Å². The first-order chi connectivity index (χ1) is 14.2. The van der Waals surface area contributed by atoms with Crippen molar-refractivity contribution < 1.29 is 9.53 Å². The van der Waals surface area contributed by atoms with Gasteiger partial charge in [0.15, 0.2) is 10.8 Å². The third kappa shape index (κ3) is 4.17. The number of fused-ring (bicyclic) bond motifs is 1. The SMILES string of the molecule is CCCc1nc(N2CCN(c3nc(C(=O)OCC)cs3)CC2)c2ccccc2n1. The number of benzene rings is 1. The third-order valence-electron chi connectivity index (χ3n) is 4.93. The minimum Gasteiger partial charge on any atom is -0.461 e.